The number of thiazole rings is 1. The maximum absolute atomic E-state index is 12.2. The van der Waals surface area contributed by atoms with Gasteiger partial charge in [0, 0.05) is 38.4 Å². The van der Waals surface area contributed by atoms with Crippen molar-refractivity contribution >= 4 is 32.6 Å². The molecule has 0 radical (unpaired) electrons. The molecule has 2 aliphatic rings. The lowest BCUT2D eigenvalue weighted by Gasteiger charge is -2.27. The normalized spacial score (nSPS) is 19.6. The number of carbonyl (C=O) groups is 1. The van der Waals surface area contributed by atoms with Crippen molar-refractivity contribution in [3.05, 3.63) is 10.6 Å². The average Bonchev–Trinajstić information content (AvgIpc) is 3.14. The molecule has 1 fully saturated rings. The van der Waals surface area contributed by atoms with Crippen LogP contribution in [0.25, 0.3) is 0 Å². The molecule has 3 rings (SSSR count). The Hall–Kier alpha value is -1.03. The van der Waals surface area contributed by atoms with Gasteiger partial charge in [0.2, 0.25) is 5.91 Å². The third-order valence-corrected chi connectivity index (χ3v) is 7.56. The van der Waals surface area contributed by atoms with E-state index in [0.717, 1.165) is 23.4 Å². The van der Waals surface area contributed by atoms with Gasteiger partial charge >= 0.3 is 0 Å². The third-order valence-electron chi connectivity index (χ3n) is 4.68. The fraction of sp³-hybridized carbons (Fsp3) is 0.733. The van der Waals surface area contributed by atoms with E-state index in [1.807, 2.05) is 0 Å². The molecule has 1 aliphatic carbocycles. The van der Waals surface area contributed by atoms with Gasteiger partial charge in [0.05, 0.1) is 12.2 Å². The third kappa shape index (κ3) is 3.79. The number of hydrogen-bond donors (Lipinski definition) is 1. The van der Waals surface area contributed by atoms with Crippen molar-refractivity contribution in [1.82, 2.24) is 13.6 Å². The molecule has 0 unspecified atom stereocenters. The van der Waals surface area contributed by atoms with Crippen molar-refractivity contribution in [3.63, 3.8) is 0 Å². The summed E-state index contributed by atoms with van der Waals surface area (Å²) in [6.45, 7) is 0.749. The highest BCUT2D eigenvalue weighted by molar-refractivity contribution is 7.86. The zero-order valence-corrected chi connectivity index (χ0v) is 15.8. The molecule has 24 heavy (non-hydrogen) atoms. The first kappa shape index (κ1) is 17.8. The van der Waals surface area contributed by atoms with Crippen LogP contribution in [0.4, 0.5) is 5.13 Å². The van der Waals surface area contributed by atoms with Crippen LogP contribution < -0.4 is 5.32 Å². The Morgan fingerprint density at radius 2 is 2.08 bits per heavy atom. The van der Waals surface area contributed by atoms with Gasteiger partial charge < -0.3 is 5.32 Å². The monoisotopic (exact) mass is 372 g/mol. The molecule has 1 aliphatic heterocycles. The van der Waals surface area contributed by atoms with Crippen LogP contribution in [0, 0.1) is 5.92 Å². The summed E-state index contributed by atoms with van der Waals surface area (Å²) in [6, 6.07) is 0. The van der Waals surface area contributed by atoms with E-state index in [1.165, 1.54) is 46.9 Å². The van der Waals surface area contributed by atoms with Gasteiger partial charge in [-0.2, -0.15) is 17.0 Å². The van der Waals surface area contributed by atoms with Crippen LogP contribution in [0.1, 0.15) is 42.7 Å². The summed E-state index contributed by atoms with van der Waals surface area (Å²) < 4.78 is 27.2. The number of amides is 1. The summed E-state index contributed by atoms with van der Waals surface area (Å²) in [5, 5.41) is 3.48. The molecule has 0 bridgehead atoms. The van der Waals surface area contributed by atoms with E-state index in [4.69, 9.17) is 0 Å². The molecular weight excluding hydrogens is 348 g/mol. The molecule has 1 saturated carbocycles. The summed E-state index contributed by atoms with van der Waals surface area (Å²) in [5.74, 6) is 0.520. The second-order valence-electron chi connectivity index (χ2n) is 6.67. The standard InChI is InChI=1S/C15H24N4O3S2/c1-18(2)24(21,22)19-8-7-12-13(10-19)23-15(16-12)17-14(20)9-11-5-3-4-6-11/h11H,3-10H2,1-2H3,(H,16,17,20). The van der Waals surface area contributed by atoms with Crippen LogP contribution in [0.15, 0.2) is 0 Å². The quantitative estimate of drug-likeness (QED) is 0.855. The van der Waals surface area contributed by atoms with E-state index >= 15 is 0 Å². The SMILES string of the molecule is CN(C)S(=O)(=O)N1CCc2nc(NC(=O)CC3CCCC3)sc2C1. The summed E-state index contributed by atoms with van der Waals surface area (Å²) in [6.07, 6.45) is 5.86. The predicted molar refractivity (Wildman–Crippen MR) is 94.0 cm³/mol. The number of fused-ring (bicyclic) bond motifs is 1. The van der Waals surface area contributed by atoms with Crippen molar-refractivity contribution in [1.29, 1.82) is 0 Å². The van der Waals surface area contributed by atoms with Gasteiger partial charge in [-0.1, -0.05) is 12.8 Å². The van der Waals surface area contributed by atoms with Crippen molar-refractivity contribution in [2.24, 2.45) is 5.92 Å². The molecule has 134 valence electrons. The van der Waals surface area contributed by atoms with Crippen molar-refractivity contribution in [2.45, 2.75) is 45.1 Å². The molecule has 0 aromatic carbocycles. The molecule has 1 N–H and O–H groups in total. The number of nitrogens with one attached hydrogen (secondary N) is 1. The summed E-state index contributed by atoms with van der Waals surface area (Å²) >= 11 is 1.39. The molecule has 0 atom stereocenters. The molecule has 7 nitrogen and oxygen atoms in total. The Morgan fingerprint density at radius 1 is 1.38 bits per heavy atom. The Labute approximate surface area is 147 Å². The second-order valence-corrected chi connectivity index (χ2v) is 9.89. The van der Waals surface area contributed by atoms with Crippen molar-refractivity contribution < 1.29 is 13.2 Å². The van der Waals surface area contributed by atoms with E-state index < -0.39 is 10.2 Å². The first-order valence-electron chi connectivity index (χ1n) is 8.32. The largest absolute Gasteiger partial charge is 0.302 e. The minimum Gasteiger partial charge on any atom is -0.302 e. The smallest absolute Gasteiger partial charge is 0.281 e. The van der Waals surface area contributed by atoms with Crippen LogP contribution in [-0.2, 0) is 28.0 Å². The summed E-state index contributed by atoms with van der Waals surface area (Å²) in [5.41, 5.74) is 0.904. The van der Waals surface area contributed by atoms with Gasteiger partial charge in [0.25, 0.3) is 10.2 Å². The minimum atomic E-state index is -3.41. The van der Waals surface area contributed by atoms with Crippen LogP contribution in [0.2, 0.25) is 0 Å². The first-order valence-corrected chi connectivity index (χ1v) is 10.5. The second kappa shape index (κ2) is 7.07. The molecule has 2 heterocycles. The van der Waals surface area contributed by atoms with E-state index in [2.05, 4.69) is 10.3 Å². The van der Waals surface area contributed by atoms with Gasteiger partial charge in [-0.05, 0) is 18.8 Å². The number of rotatable bonds is 5. The predicted octanol–water partition coefficient (Wildman–Crippen LogP) is 1.83. The molecule has 9 heteroatoms. The van der Waals surface area contributed by atoms with Crippen LogP contribution in [0.3, 0.4) is 0 Å². The van der Waals surface area contributed by atoms with Crippen LogP contribution in [-0.4, -0.2) is 48.6 Å². The molecule has 1 aromatic rings. The minimum absolute atomic E-state index is 0.0192. The maximum Gasteiger partial charge on any atom is 0.281 e. The lowest BCUT2D eigenvalue weighted by molar-refractivity contribution is -0.117. The van der Waals surface area contributed by atoms with E-state index in [0.29, 0.717) is 37.0 Å². The van der Waals surface area contributed by atoms with Crippen LogP contribution in [0.5, 0.6) is 0 Å². The first-order chi connectivity index (χ1) is 11.4. The number of carbonyl (C=O) groups excluding carboxylic acids is 1. The highest BCUT2D eigenvalue weighted by Gasteiger charge is 2.30. The molecule has 1 amide bonds. The zero-order chi connectivity index (χ0) is 17.3. The number of anilines is 1. The number of aromatic nitrogens is 1. The Bertz CT molecular complexity index is 708. The van der Waals surface area contributed by atoms with Gasteiger partial charge in [-0.25, -0.2) is 4.98 Å². The lowest BCUT2D eigenvalue weighted by Crippen LogP contribution is -2.42. The zero-order valence-electron chi connectivity index (χ0n) is 14.1. The van der Waals surface area contributed by atoms with E-state index in [-0.39, 0.29) is 5.91 Å². The van der Waals surface area contributed by atoms with Crippen molar-refractivity contribution in [2.75, 3.05) is 26.0 Å². The number of hydrogen-bond acceptors (Lipinski definition) is 5. The lowest BCUT2D eigenvalue weighted by atomic mass is 10.0. The summed E-state index contributed by atoms with van der Waals surface area (Å²) in [4.78, 5) is 17.5. The molecule has 0 saturated heterocycles. The Kier molecular flexibility index (Phi) is 5.24. The molecular formula is C15H24N4O3S2. The average molecular weight is 373 g/mol. The van der Waals surface area contributed by atoms with E-state index in [9.17, 15) is 13.2 Å². The highest BCUT2D eigenvalue weighted by atomic mass is 32.2. The molecule has 0 spiro atoms. The van der Waals surface area contributed by atoms with Gasteiger partial charge in [0.1, 0.15) is 0 Å². The Balaban J connectivity index is 1.63. The topological polar surface area (TPSA) is 82.6 Å². The maximum atomic E-state index is 12.2. The fourth-order valence-corrected chi connectivity index (χ4v) is 5.50. The van der Waals surface area contributed by atoms with Gasteiger partial charge in [-0.15, -0.1) is 11.3 Å². The highest BCUT2D eigenvalue weighted by Crippen LogP contribution is 2.31. The molecule has 1 aromatic heterocycles. The fourth-order valence-electron chi connectivity index (χ4n) is 3.30. The van der Waals surface area contributed by atoms with Crippen molar-refractivity contribution in [3.8, 4) is 0 Å². The Morgan fingerprint density at radius 3 is 2.75 bits per heavy atom. The van der Waals surface area contributed by atoms with Gasteiger partial charge in [-0.3, -0.25) is 4.79 Å². The van der Waals surface area contributed by atoms with Gasteiger partial charge in [0.15, 0.2) is 5.13 Å². The van der Waals surface area contributed by atoms with Crippen LogP contribution >= 0.6 is 11.3 Å². The summed E-state index contributed by atoms with van der Waals surface area (Å²) in [7, 11) is -0.346. The van der Waals surface area contributed by atoms with E-state index in [1.54, 1.807) is 0 Å². The number of nitrogens with zero attached hydrogens (tertiary/aromatic N) is 3.